The number of allylic oxidation sites excluding steroid dienone is 2. The number of fused-ring (bicyclic) bond motifs is 1. The molecule has 0 saturated carbocycles. The summed E-state index contributed by atoms with van der Waals surface area (Å²) >= 11 is 0. The lowest BCUT2D eigenvalue weighted by atomic mass is 9.85. The van der Waals surface area contributed by atoms with Crippen molar-refractivity contribution < 1.29 is 9.53 Å². The summed E-state index contributed by atoms with van der Waals surface area (Å²) in [7, 11) is 0. The van der Waals surface area contributed by atoms with Crippen LogP contribution in [0.25, 0.3) is 0 Å². The van der Waals surface area contributed by atoms with Gasteiger partial charge in [0.1, 0.15) is 5.75 Å². The van der Waals surface area contributed by atoms with Gasteiger partial charge in [0.05, 0.1) is 6.61 Å². The predicted octanol–water partition coefficient (Wildman–Crippen LogP) is 4.01. The third-order valence-electron chi connectivity index (χ3n) is 4.16. The van der Waals surface area contributed by atoms with Crippen molar-refractivity contribution in [1.29, 1.82) is 0 Å². The number of para-hydroxylation sites is 1. The van der Waals surface area contributed by atoms with Crippen molar-refractivity contribution >= 4 is 5.78 Å². The Hall–Kier alpha value is -1.57. The van der Waals surface area contributed by atoms with Gasteiger partial charge >= 0.3 is 0 Å². The summed E-state index contributed by atoms with van der Waals surface area (Å²) in [5.74, 6) is 1.64. The van der Waals surface area contributed by atoms with Gasteiger partial charge < -0.3 is 4.74 Å². The molecule has 1 aromatic rings. The number of rotatable bonds is 3. The minimum absolute atomic E-state index is 0.334. The summed E-state index contributed by atoms with van der Waals surface area (Å²) in [6.07, 6.45) is 8.20. The second-order valence-electron chi connectivity index (χ2n) is 5.47. The topological polar surface area (TPSA) is 26.3 Å². The Morgan fingerprint density at radius 1 is 1.26 bits per heavy atom. The highest BCUT2D eigenvalue weighted by molar-refractivity contribution is 5.96. The van der Waals surface area contributed by atoms with E-state index in [2.05, 4.69) is 12.1 Å². The molecule has 1 aliphatic heterocycles. The van der Waals surface area contributed by atoms with E-state index in [1.807, 2.05) is 18.2 Å². The zero-order chi connectivity index (χ0) is 13.1. The highest BCUT2D eigenvalue weighted by atomic mass is 16.5. The van der Waals surface area contributed by atoms with Crippen LogP contribution in [0.3, 0.4) is 0 Å². The monoisotopic (exact) mass is 256 g/mol. The van der Waals surface area contributed by atoms with Crippen LogP contribution in [0, 0.1) is 0 Å². The minimum Gasteiger partial charge on any atom is -0.493 e. The zero-order valence-corrected chi connectivity index (χ0v) is 11.2. The van der Waals surface area contributed by atoms with Crippen LogP contribution in [0.1, 0.15) is 50.0 Å². The van der Waals surface area contributed by atoms with Crippen LogP contribution < -0.4 is 4.74 Å². The molecule has 2 aliphatic rings. The molecule has 0 spiro atoms. The molecule has 1 aromatic carbocycles. The largest absolute Gasteiger partial charge is 0.493 e. The van der Waals surface area contributed by atoms with Crippen LogP contribution in [0.4, 0.5) is 0 Å². The van der Waals surface area contributed by atoms with Crippen LogP contribution in [0.5, 0.6) is 5.75 Å². The first-order chi connectivity index (χ1) is 9.34. The molecule has 2 nitrogen and oxygen atoms in total. The van der Waals surface area contributed by atoms with Gasteiger partial charge in [0.25, 0.3) is 0 Å². The van der Waals surface area contributed by atoms with Crippen molar-refractivity contribution in [2.75, 3.05) is 6.61 Å². The van der Waals surface area contributed by atoms with Gasteiger partial charge in [0.2, 0.25) is 0 Å². The van der Waals surface area contributed by atoms with Crippen molar-refractivity contribution in [1.82, 2.24) is 0 Å². The maximum absolute atomic E-state index is 12.4. The summed E-state index contributed by atoms with van der Waals surface area (Å²) < 4.78 is 5.65. The average molecular weight is 256 g/mol. The highest BCUT2D eigenvalue weighted by Crippen LogP contribution is 2.36. The molecule has 0 aromatic heterocycles. The molecule has 1 unspecified atom stereocenters. The Morgan fingerprint density at radius 2 is 2.16 bits per heavy atom. The number of hydrogen-bond donors (Lipinski definition) is 0. The van der Waals surface area contributed by atoms with Gasteiger partial charge in [-0.15, -0.1) is 0 Å². The van der Waals surface area contributed by atoms with E-state index < -0.39 is 0 Å². The number of ketones is 1. The fraction of sp³-hybridized carbons (Fsp3) is 0.471. The normalized spacial score (nSPS) is 22.1. The number of hydrogen-bond acceptors (Lipinski definition) is 2. The molecule has 0 fully saturated rings. The Kier molecular flexibility index (Phi) is 3.67. The molecule has 19 heavy (non-hydrogen) atoms. The third kappa shape index (κ3) is 2.73. The first-order valence-electron chi connectivity index (χ1n) is 7.28. The maximum atomic E-state index is 12.4. The number of benzene rings is 1. The smallest absolute Gasteiger partial charge is 0.159 e. The molecule has 1 atom stereocenters. The molecule has 3 rings (SSSR count). The molecule has 0 amide bonds. The van der Waals surface area contributed by atoms with Gasteiger partial charge in [-0.2, -0.15) is 0 Å². The van der Waals surface area contributed by atoms with E-state index in [0.29, 0.717) is 18.1 Å². The van der Waals surface area contributed by atoms with Gasteiger partial charge in [-0.05, 0) is 55.2 Å². The molecular formula is C17H20O2. The fourth-order valence-corrected chi connectivity index (χ4v) is 3.07. The average Bonchev–Trinajstić information content (AvgIpc) is 2.48. The molecule has 0 saturated heterocycles. The summed E-state index contributed by atoms with van der Waals surface area (Å²) in [5, 5.41) is 0. The SMILES string of the molecule is O=C(CC1CCOc2ccccc21)C1=CCCCC1. The third-order valence-corrected chi connectivity index (χ3v) is 4.16. The van der Waals surface area contributed by atoms with Crippen molar-refractivity contribution in [2.24, 2.45) is 0 Å². The minimum atomic E-state index is 0.334. The molecule has 0 radical (unpaired) electrons. The highest BCUT2D eigenvalue weighted by Gasteiger charge is 2.24. The predicted molar refractivity (Wildman–Crippen MR) is 75.5 cm³/mol. The molecule has 0 N–H and O–H groups in total. The van der Waals surface area contributed by atoms with Crippen molar-refractivity contribution in [3.05, 3.63) is 41.5 Å². The fourth-order valence-electron chi connectivity index (χ4n) is 3.07. The van der Waals surface area contributed by atoms with Gasteiger partial charge in [0, 0.05) is 6.42 Å². The molecular weight excluding hydrogens is 236 g/mol. The van der Waals surface area contributed by atoms with E-state index in [1.165, 1.54) is 18.4 Å². The van der Waals surface area contributed by atoms with E-state index in [-0.39, 0.29) is 0 Å². The molecule has 2 heteroatoms. The quantitative estimate of drug-likeness (QED) is 0.816. The van der Waals surface area contributed by atoms with Gasteiger partial charge in [0.15, 0.2) is 5.78 Å². The van der Waals surface area contributed by atoms with E-state index in [9.17, 15) is 4.79 Å². The summed E-state index contributed by atoms with van der Waals surface area (Å²) in [5.41, 5.74) is 2.27. The van der Waals surface area contributed by atoms with Crippen molar-refractivity contribution in [2.45, 2.75) is 44.4 Å². The van der Waals surface area contributed by atoms with Crippen LogP contribution in [-0.4, -0.2) is 12.4 Å². The zero-order valence-electron chi connectivity index (χ0n) is 11.2. The van der Waals surface area contributed by atoms with E-state index in [1.54, 1.807) is 0 Å². The van der Waals surface area contributed by atoms with Crippen LogP contribution in [0.15, 0.2) is 35.9 Å². The van der Waals surface area contributed by atoms with Gasteiger partial charge in [-0.3, -0.25) is 4.79 Å². The lowest BCUT2D eigenvalue weighted by molar-refractivity contribution is -0.116. The lowest BCUT2D eigenvalue weighted by Crippen LogP contribution is -2.18. The summed E-state index contributed by atoms with van der Waals surface area (Å²) in [4.78, 5) is 12.4. The number of carbonyl (C=O) groups excluding carboxylic acids is 1. The van der Waals surface area contributed by atoms with Crippen LogP contribution in [0.2, 0.25) is 0 Å². The van der Waals surface area contributed by atoms with Gasteiger partial charge in [-0.25, -0.2) is 0 Å². The lowest BCUT2D eigenvalue weighted by Gasteiger charge is -2.26. The number of ether oxygens (including phenoxy) is 1. The Balaban J connectivity index is 1.74. The summed E-state index contributed by atoms with van der Waals surface area (Å²) in [6, 6.07) is 8.13. The second-order valence-corrected chi connectivity index (χ2v) is 5.47. The first-order valence-corrected chi connectivity index (χ1v) is 7.28. The molecule has 100 valence electrons. The first kappa shape index (κ1) is 12.5. The molecule has 1 heterocycles. The van der Waals surface area contributed by atoms with Crippen LogP contribution in [-0.2, 0) is 4.79 Å². The second kappa shape index (κ2) is 5.60. The number of Topliss-reactive ketones (excluding diaryl/α,β-unsaturated/α-hetero) is 1. The Morgan fingerprint density at radius 3 is 3.00 bits per heavy atom. The Labute approximate surface area is 114 Å². The van der Waals surface area contributed by atoms with E-state index in [4.69, 9.17) is 4.74 Å². The Bertz CT molecular complexity index is 502. The molecule has 1 aliphatic carbocycles. The standard InChI is InChI=1S/C17H20O2/c18-16(13-6-2-1-3-7-13)12-14-10-11-19-17-9-5-4-8-15(14)17/h4-6,8-9,14H,1-3,7,10-12H2. The number of carbonyl (C=O) groups is 1. The molecule has 0 bridgehead atoms. The summed E-state index contributed by atoms with van der Waals surface area (Å²) in [6.45, 7) is 0.730. The van der Waals surface area contributed by atoms with Gasteiger partial charge in [-0.1, -0.05) is 24.3 Å². The maximum Gasteiger partial charge on any atom is 0.159 e. The van der Waals surface area contributed by atoms with E-state index in [0.717, 1.165) is 37.2 Å². The van der Waals surface area contributed by atoms with E-state index >= 15 is 0 Å². The van der Waals surface area contributed by atoms with Crippen molar-refractivity contribution in [3.8, 4) is 5.75 Å². The van der Waals surface area contributed by atoms with Crippen molar-refractivity contribution in [3.63, 3.8) is 0 Å². The van der Waals surface area contributed by atoms with Crippen LogP contribution >= 0.6 is 0 Å².